The number of amides is 2. The molecule has 5 heteroatoms. The van der Waals surface area contributed by atoms with Crippen LogP contribution in [-0.4, -0.2) is 54.4 Å². The van der Waals surface area contributed by atoms with Gasteiger partial charge in [-0.25, -0.2) is 0 Å². The Morgan fingerprint density at radius 2 is 1.64 bits per heavy atom. The van der Waals surface area contributed by atoms with Crippen LogP contribution in [0.25, 0.3) is 0 Å². The molecule has 1 saturated carbocycles. The Kier molecular flexibility index (Phi) is 5.95. The summed E-state index contributed by atoms with van der Waals surface area (Å²) in [6, 6.07) is 7.70. The minimum Gasteiger partial charge on any atom is -0.484 e. The van der Waals surface area contributed by atoms with Crippen molar-refractivity contribution in [2.24, 2.45) is 5.92 Å². The van der Waals surface area contributed by atoms with Gasteiger partial charge in [-0.3, -0.25) is 9.59 Å². The quantitative estimate of drug-likeness (QED) is 0.844. The van der Waals surface area contributed by atoms with Gasteiger partial charge in [-0.05, 0) is 31.4 Å². The Hall–Kier alpha value is -2.04. The van der Waals surface area contributed by atoms with Gasteiger partial charge in [0.15, 0.2) is 6.61 Å². The first-order valence-electron chi connectivity index (χ1n) is 9.40. The fraction of sp³-hybridized carbons (Fsp3) is 0.600. The number of piperazine rings is 1. The van der Waals surface area contributed by atoms with Crippen molar-refractivity contribution in [1.29, 1.82) is 0 Å². The van der Waals surface area contributed by atoms with Crippen molar-refractivity contribution in [1.82, 2.24) is 9.80 Å². The molecule has 1 saturated heterocycles. The van der Waals surface area contributed by atoms with Gasteiger partial charge in [0.05, 0.1) is 0 Å². The lowest BCUT2D eigenvalue weighted by molar-refractivity contribution is -0.143. The molecule has 0 N–H and O–H groups in total. The molecule has 1 aromatic carbocycles. The van der Waals surface area contributed by atoms with Gasteiger partial charge in [-0.15, -0.1) is 0 Å². The van der Waals surface area contributed by atoms with Gasteiger partial charge in [0.2, 0.25) is 5.91 Å². The number of carbonyl (C=O) groups is 2. The van der Waals surface area contributed by atoms with E-state index in [0.29, 0.717) is 32.1 Å². The minimum atomic E-state index is -0.00646. The van der Waals surface area contributed by atoms with E-state index in [0.717, 1.165) is 24.2 Å². The summed E-state index contributed by atoms with van der Waals surface area (Å²) in [6.07, 6.45) is 5.66. The standard InChI is InChI=1S/C20H28N2O3/c1-16-7-5-6-10-18(16)25-15-19(23)21-11-13-22(14-12-21)20(24)17-8-3-2-4-9-17/h5-7,10,17H,2-4,8-9,11-15H2,1H3. The maximum atomic E-state index is 12.6. The smallest absolute Gasteiger partial charge is 0.260 e. The first-order valence-corrected chi connectivity index (χ1v) is 9.40. The summed E-state index contributed by atoms with van der Waals surface area (Å²) < 4.78 is 5.65. The Labute approximate surface area is 149 Å². The number of para-hydroxylation sites is 1. The molecule has 1 heterocycles. The normalized spacial score (nSPS) is 18.9. The van der Waals surface area contributed by atoms with Crippen LogP contribution in [0.3, 0.4) is 0 Å². The minimum absolute atomic E-state index is 0.00646. The molecule has 0 radical (unpaired) electrons. The molecule has 2 aliphatic rings. The summed E-state index contributed by atoms with van der Waals surface area (Å²) in [4.78, 5) is 28.7. The van der Waals surface area contributed by atoms with Crippen molar-refractivity contribution in [3.63, 3.8) is 0 Å². The molecular formula is C20H28N2O3. The second-order valence-electron chi connectivity index (χ2n) is 7.10. The second kappa shape index (κ2) is 8.37. The van der Waals surface area contributed by atoms with Crippen LogP contribution in [0.2, 0.25) is 0 Å². The fourth-order valence-electron chi connectivity index (χ4n) is 3.73. The molecule has 136 valence electrons. The van der Waals surface area contributed by atoms with Gasteiger partial charge in [-0.2, -0.15) is 0 Å². The molecule has 2 amide bonds. The molecule has 1 aliphatic heterocycles. The summed E-state index contributed by atoms with van der Waals surface area (Å²) in [7, 11) is 0. The number of aryl methyl sites for hydroxylation is 1. The third-order valence-corrected chi connectivity index (χ3v) is 5.34. The molecule has 1 aliphatic carbocycles. The molecule has 2 fully saturated rings. The highest BCUT2D eigenvalue weighted by Gasteiger charge is 2.29. The Morgan fingerprint density at radius 1 is 1.00 bits per heavy atom. The van der Waals surface area contributed by atoms with E-state index in [9.17, 15) is 9.59 Å². The van der Waals surface area contributed by atoms with Gasteiger partial charge in [-0.1, -0.05) is 37.5 Å². The van der Waals surface area contributed by atoms with Gasteiger partial charge < -0.3 is 14.5 Å². The topological polar surface area (TPSA) is 49.9 Å². The lowest BCUT2D eigenvalue weighted by Crippen LogP contribution is -2.53. The average molecular weight is 344 g/mol. The largest absolute Gasteiger partial charge is 0.484 e. The van der Waals surface area contributed by atoms with Gasteiger partial charge >= 0.3 is 0 Å². The molecule has 5 nitrogen and oxygen atoms in total. The number of hydrogen-bond acceptors (Lipinski definition) is 3. The van der Waals surface area contributed by atoms with Crippen LogP contribution in [0, 0.1) is 12.8 Å². The number of rotatable bonds is 4. The number of ether oxygens (including phenoxy) is 1. The summed E-state index contributed by atoms with van der Waals surface area (Å²) >= 11 is 0. The Balaban J connectivity index is 1.44. The predicted molar refractivity (Wildman–Crippen MR) is 96.4 cm³/mol. The van der Waals surface area contributed by atoms with Gasteiger partial charge in [0.25, 0.3) is 5.91 Å². The molecule has 1 aromatic rings. The first kappa shape index (κ1) is 17.8. The van der Waals surface area contributed by atoms with Crippen LogP contribution in [0.5, 0.6) is 5.75 Å². The van der Waals surface area contributed by atoms with Crippen LogP contribution in [0.15, 0.2) is 24.3 Å². The predicted octanol–water partition coefficient (Wildman–Crippen LogP) is 2.62. The monoisotopic (exact) mass is 344 g/mol. The SMILES string of the molecule is Cc1ccccc1OCC(=O)N1CCN(C(=O)C2CCCCC2)CC1. The van der Waals surface area contributed by atoms with Crippen molar-refractivity contribution < 1.29 is 14.3 Å². The number of carbonyl (C=O) groups excluding carboxylic acids is 2. The van der Waals surface area contributed by atoms with Crippen LogP contribution < -0.4 is 4.74 Å². The number of benzene rings is 1. The highest BCUT2D eigenvalue weighted by Crippen LogP contribution is 2.25. The zero-order chi connectivity index (χ0) is 17.6. The lowest BCUT2D eigenvalue weighted by Gasteiger charge is -2.37. The van der Waals surface area contributed by atoms with Gasteiger partial charge in [0.1, 0.15) is 5.75 Å². The number of hydrogen-bond donors (Lipinski definition) is 0. The van der Waals surface area contributed by atoms with E-state index in [1.165, 1.54) is 19.3 Å². The Morgan fingerprint density at radius 3 is 2.32 bits per heavy atom. The van der Waals surface area contributed by atoms with Crippen molar-refractivity contribution in [2.75, 3.05) is 32.8 Å². The van der Waals surface area contributed by atoms with E-state index in [4.69, 9.17) is 4.74 Å². The maximum Gasteiger partial charge on any atom is 0.260 e. The third kappa shape index (κ3) is 4.53. The molecular weight excluding hydrogens is 316 g/mol. The van der Waals surface area contributed by atoms with Crippen molar-refractivity contribution in [2.45, 2.75) is 39.0 Å². The second-order valence-corrected chi connectivity index (χ2v) is 7.10. The third-order valence-electron chi connectivity index (χ3n) is 5.34. The molecule has 0 unspecified atom stereocenters. The fourth-order valence-corrected chi connectivity index (χ4v) is 3.73. The molecule has 3 rings (SSSR count). The summed E-state index contributed by atoms with van der Waals surface area (Å²) in [5.74, 6) is 1.25. The highest BCUT2D eigenvalue weighted by molar-refractivity contribution is 5.80. The lowest BCUT2D eigenvalue weighted by atomic mass is 9.88. The van der Waals surface area contributed by atoms with E-state index in [1.54, 1.807) is 0 Å². The van der Waals surface area contributed by atoms with Gasteiger partial charge in [0, 0.05) is 32.1 Å². The van der Waals surface area contributed by atoms with E-state index in [2.05, 4.69) is 0 Å². The average Bonchev–Trinajstić information content (AvgIpc) is 2.67. The highest BCUT2D eigenvalue weighted by atomic mass is 16.5. The summed E-state index contributed by atoms with van der Waals surface area (Å²) in [6.45, 7) is 4.52. The molecule has 0 atom stereocenters. The van der Waals surface area contributed by atoms with Crippen molar-refractivity contribution >= 4 is 11.8 Å². The van der Waals surface area contributed by atoms with E-state index < -0.39 is 0 Å². The van der Waals surface area contributed by atoms with E-state index in [1.807, 2.05) is 41.0 Å². The number of nitrogens with zero attached hydrogens (tertiary/aromatic N) is 2. The molecule has 0 bridgehead atoms. The van der Waals surface area contributed by atoms with Crippen LogP contribution in [0.1, 0.15) is 37.7 Å². The van der Waals surface area contributed by atoms with E-state index in [-0.39, 0.29) is 18.4 Å². The van der Waals surface area contributed by atoms with Crippen LogP contribution >= 0.6 is 0 Å². The zero-order valence-electron chi connectivity index (χ0n) is 15.1. The molecule has 25 heavy (non-hydrogen) atoms. The van der Waals surface area contributed by atoms with Crippen LogP contribution in [-0.2, 0) is 9.59 Å². The van der Waals surface area contributed by atoms with E-state index >= 15 is 0 Å². The first-order chi connectivity index (χ1) is 12.1. The molecule has 0 aromatic heterocycles. The summed E-state index contributed by atoms with van der Waals surface area (Å²) in [5.41, 5.74) is 1.03. The summed E-state index contributed by atoms with van der Waals surface area (Å²) in [5, 5.41) is 0. The maximum absolute atomic E-state index is 12.6. The van der Waals surface area contributed by atoms with Crippen molar-refractivity contribution in [3.8, 4) is 5.75 Å². The van der Waals surface area contributed by atoms with Crippen LogP contribution in [0.4, 0.5) is 0 Å². The van der Waals surface area contributed by atoms with Crippen molar-refractivity contribution in [3.05, 3.63) is 29.8 Å². The Bertz CT molecular complexity index is 603. The molecule has 0 spiro atoms. The zero-order valence-corrected chi connectivity index (χ0v) is 15.1.